The Balaban J connectivity index is 2.08. The SMILES string of the molecule is COC(=O)COc1cc(F)ccc1-c1ccncc1N(C)C(=O)c1cc(C(F)(F)F)cc(C(F)(F)F)c1. The lowest BCUT2D eigenvalue weighted by molar-refractivity contribution is -0.144. The van der Waals surface area contributed by atoms with Gasteiger partial charge in [0.2, 0.25) is 0 Å². The van der Waals surface area contributed by atoms with Crippen molar-refractivity contribution >= 4 is 17.6 Å². The molecule has 0 aliphatic heterocycles. The Hall–Kier alpha value is -4.16. The number of methoxy groups -OCH3 is 1. The molecule has 37 heavy (non-hydrogen) atoms. The minimum Gasteiger partial charge on any atom is -0.481 e. The van der Waals surface area contributed by atoms with Crippen LogP contribution >= 0.6 is 0 Å². The summed E-state index contributed by atoms with van der Waals surface area (Å²) in [7, 11) is 2.23. The number of pyridine rings is 1. The summed E-state index contributed by atoms with van der Waals surface area (Å²) in [5, 5.41) is 0. The summed E-state index contributed by atoms with van der Waals surface area (Å²) in [4.78, 5) is 29.2. The van der Waals surface area contributed by atoms with Crippen molar-refractivity contribution in [1.82, 2.24) is 4.98 Å². The molecule has 0 aliphatic carbocycles. The summed E-state index contributed by atoms with van der Waals surface area (Å²) >= 11 is 0. The lowest BCUT2D eigenvalue weighted by Crippen LogP contribution is -2.28. The number of hydrogen-bond donors (Lipinski definition) is 0. The van der Waals surface area contributed by atoms with Gasteiger partial charge in [-0.2, -0.15) is 26.3 Å². The van der Waals surface area contributed by atoms with Crippen LogP contribution in [0.4, 0.5) is 36.4 Å². The molecular weight excluding hydrogens is 513 g/mol. The molecule has 0 radical (unpaired) electrons. The normalized spacial score (nSPS) is 11.7. The molecule has 2 aromatic carbocycles. The van der Waals surface area contributed by atoms with Gasteiger partial charge in [-0.25, -0.2) is 9.18 Å². The number of hydrogen-bond acceptors (Lipinski definition) is 5. The van der Waals surface area contributed by atoms with Crippen LogP contribution < -0.4 is 9.64 Å². The van der Waals surface area contributed by atoms with Gasteiger partial charge in [0.1, 0.15) is 11.6 Å². The van der Waals surface area contributed by atoms with Crippen LogP contribution in [-0.2, 0) is 21.9 Å². The summed E-state index contributed by atoms with van der Waals surface area (Å²) < 4.78 is 103. The Morgan fingerprint density at radius 3 is 2.11 bits per heavy atom. The van der Waals surface area contributed by atoms with Crippen molar-refractivity contribution in [3.8, 4) is 16.9 Å². The molecule has 13 heteroatoms. The highest BCUT2D eigenvalue weighted by Crippen LogP contribution is 2.39. The van der Waals surface area contributed by atoms with Gasteiger partial charge < -0.3 is 14.4 Å². The largest absolute Gasteiger partial charge is 0.481 e. The van der Waals surface area contributed by atoms with Crippen LogP contribution in [0.1, 0.15) is 21.5 Å². The lowest BCUT2D eigenvalue weighted by Gasteiger charge is -2.22. The summed E-state index contributed by atoms with van der Waals surface area (Å²) in [5.41, 5.74) is -3.91. The number of carbonyl (C=O) groups is 2. The molecule has 0 spiro atoms. The van der Waals surface area contributed by atoms with E-state index in [4.69, 9.17) is 4.74 Å². The number of carbonyl (C=O) groups excluding carboxylic acids is 2. The fourth-order valence-corrected chi connectivity index (χ4v) is 3.30. The maximum atomic E-state index is 13.9. The molecular formula is C24H17F7N2O4. The molecule has 196 valence electrons. The highest BCUT2D eigenvalue weighted by molar-refractivity contribution is 6.08. The van der Waals surface area contributed by atoms with Crippen LogP contribution in [0.25, 0.3) is 11.1 Å². The Bertz CT molecular complexity index is 1290. The number of benzene rings is 2. The van der Waals surface area contributed by atoms with Gasteiger partial charge in [0, 0.05) is 36.0 Å². The van der Waals surface area contributed by atoms with Crippen molar-refractivity contribution in [2.45, 2.75) is 12.4 Å². The first-order chi connectivity index (χ1) is 17.2. The second kappa shape index (κ2) is 10.4. The number of amides is 1. The Morgan fingerprint density at radius 1 is 0.919 bits per heavy atom. The summed E-state index contributed by atoms with van der Waals surface area (Å²) in [5.74, 6) is -2.85. The Morgan fingerprint density at radius 2 is 1.54 bits per heavy atom. The summed E-state index contributed by atoms with van der Waals surface area (Å²) in [6.45, 7) is -0.591. The van der Waals surface area contributed by atoms with Gasteiger partial charge in [0.05, 0.1) is 30.1 Å². The summed E-state index contributed by atoms with van der Waals surface area (Å²) in [6.07, 6.45) is -7.86. The Kier molecular flexibility index (Phi) is 7.74. The average Bonchev–Trinajstić information content (AvgIpc) is 2.85. The number of esters is 1. The van der Waals surface area contributed by atoms with Crippen LogP contribution in [-0.4, -0.2) is 37.6 Å². The van der Waals surface area contributed by atoms with Gasteiger partial charge in [0.15, 0.2) is 6.61 Å². The van der Waals surface area contributed by atoms with Crippen LogP contribution in [0.15, 0.2) is 54.9 Å². The molecule has 0 atom stereocenters. The third kappa shape index (κ3) is 6.35. The molecule has 0 bridgehead atoms. The molecule has 1 amide bonds. The Labute approximate surface area is 205 Å². The van der Waals surface area contributed by atoms with Gasteiger partial charge in [-0.1, -0.05) is 0 Å². The van der Waals surface area contributed by atoms with Crippen molar-refractivity contribution in [3.05, 3.63) is 77.4 Å². The molecule has 0 N–H and O–H groups in total. The van der Waals surface area contributed by atoms with E-state index in [9.17, 15) is 40.3 Å². The molecule has 0 aliphatic rings. The van der Waals surface area contributed by atoms with Crippen molar-refractivity contribution in [3.63, 3.8) is 0 Å². The molecule has 0 saturated carbocycles. The minimum absolute atomic E-state index is 0.0482. The molecule has 3 aromatic rings. The molecule has 1 aromatic heterocycles. The molecule has 0 saturated heterocycles. The van der Waals surface area contributed by atoms with Crippen molar-refractivity contribution in [2.75, 3.05) is 25.7 Å². The van der Waals surface area contributed by atoms with E-state index >= 15 is 0 Å². The second-order valence-corrected chi connectivity index (χ2v) is 7.56. The van der Waals surface area contributed by atoms with Gasteiger partial charge in [0.25, 0.3) is 5.91 Å². The van der Waals surface area contributed by atoms with E-state index in [1.807, 2.05) is 0 Å². The highest BCUT2D eigenvalue weighted by Gasteiger charge is 2.38. The van der Waals surface area contributed by atoms with Crippen LogP contribution in [0.5, 0.6) is 5.75 Å². The quantitative estimate of drug-likeness (QED) is 0.300. The van der Waals surface area contributed by atoms with Crippen molar-refractivity contribution in [2.24, 2.45) is 0 Å². The van der Waals surface area contributed by atoms with E-state index in [1.165, 1.54) is 18.3 Å². The van der Waals surface area contributed by atoms with Gasteiger partial charge in [-0.15, -0.1) is 0 Å². The van der Waals surface area contributed by atoms with E-state index in [0.717, 1.165) is 37.4 Å². The van der Waals surface area contributed by atoms with Gasteiger partial charge in [-0.3, -0.25) is 9.78 Å². The van der Waals surface area contributed by atoms with E-state index in [0.29, 0.717) is 12.1 Å². The van der Waals surface area contributed by atoms with E-state index < -0.39 is 53.3 Å². The topological polar surface area (TPSA) is 68.7 Å². The first-order valence-corrected chi connectivity index (χ1v) is 10.2. The number of anilines is 1. The smallest absolute Gasteiger partial charge is 0.416 e. The zero-order chi connectivity index (χ0) is 27.5. The van der Waals surface area contributed by atoms with Gasteiger partial charge in [-0.05, 0) is 36.4 Å². The second-order valence-electron chi connectivity index (χ2n) is 7.56. The molecule has 3 rings (SSSR count). The molecule has 1 heterocycles. The number of rotatable bonds is 6. The maximum Gasteiger partial charge on any atom is 0.416 e. The van der Waals surface area contributed by atoms with E-state index in [-0.39, 0.29) is 28.6 Å². The monoisotopic (exact) mass is 530 g/mol. The molecule has 0 fully saturated rings. The van der Waals surface area contributed by atoms with E-state index in [2.05, 4.69) is 9.72 Å². The number of aromatic nitrogens is 1. The van der Waals surface area contributed by atoms with E-state index in [1.54, 1.807) is 0 Å². The number of ether oxygens (including phenoxy) is 2. The molecule has 6 nitrogen and oxygen atoms in total. The zero-order valence-electron chi connectivity index (χ0n) is 19.1. The predicted octanol–water partition coefficient (Wildman–Crippen LogP) is 5.75. The fraction of sp³-hybridized carbons (Fsp3) is 0.208. The number of nitrogens with zero attached hydrogens (tertiary/aromatic N) is 2. The lowest BCUT2D eigenvalue weighted by atomic mass is 10.0. The minimum atomic E-state index is -5.14. The fourth-order valence-electron chi connectivity index (χ4n) is 3.30. The third-order valence-corrected chi connectivity index (χ3v) is 5.11. The predicted molar refractivity (Wildman–Crippen MR) is 116 cm³/mol. The molecule has 0 unspecified atom stereocenters. The third-order valence-electron chi connectivity index (χ3n) is 5.11. The van der Waals surface area contributed by atoms with Crippen LogP contribution in [0.2, 0.25) is 0 Å². The van der Waals surface area contributed by atoms with Crippen molar-refractivity contribution < 1.29 is 49.8 Å². The summed E-state index contributed by atoms with van der Waals surface area (Å²) in [6, 6.07) is 5.16. The highest BCUT2D eigenvalue weighted by atomic mass is 19.4. The van der Waals surface area contributed by atoms with Crippen molar-refractivity contribution in [1.29, 1.82) is 0 Å². The number of halogens is 7. The van der Waals surface area contributed by atoms with Crippen LogP contribution in [0.3, 0.4) is 0 Å². The van der Waals surface area contributed by atoms with Crippen LogP contribution in [0, 0.1) is 5.82 Å². The maximum absolute atomic E-state index is 13.9. The standard InChI is InChI=1S/C24H17F7N2O4/c1-33(22(35)13-7-14(23(26,27)28)9-15(8-13)24(29,30)31)19-11-32-6-5-17(19)18-4-3-16(25)10-20(18)37-12-21(34)36-2/h3-11H,12H2,1-2H3. The first-order valence-electron chi connectivity index (χ1n) is 10.2. The zero-order valence-corrected chi connectivity index (χ0v) is 19.1. The number of alkyl halides is 6. The average molecular weight is 530 g/mol. The first kappa shape index (κ1) is 27.4. The van der Waals surface area contributed by atoms with Gasteiger partial charge >= 0.3 is 18.3 Å².